The second-order valence-electron chi connectivity index (χ2n) is 4.27. The zero-order valence-corrected chi connectivity index (χ0v) is 12.0. The molecule has 1 N–H and O–H groups in total. The van der Waals surface area contributed by atoms with Gasteiger partial charge in [0, 0.05) is 25.8 Å². The van der Waals surface area contributed by atoms with Crippen molar-refractivity contribution in [1.82, 2.24) is 10.2 Å². The Kier molecular flexibility index (Phi) is 5.46. The van der Waals surface area contributed by atoms with Gasteiger partial charge in [-0.2, -0.15) is 12.6 Å². The number of amides is 2. The molecule has 6 nitrogen and oxygen atoms in total. The van der Waals surface area contributed by atoms with Gasteiger partial charge in [-0.3, -0.25) is 9.59 Å². The molecule has 0 saturated carbocycles. The highest BCUT2D eigenvalue weighted by atomic mass is 32.2. The molecule has 0 aromatic carbocycles. The van der Waals surface area contributed by atoms with Crippen molar-refractivity contribution < 1.29 is 18.0 Å². The number of rotatable bonds is 3. The van der Waals surface area contributed by atoms with Gasteiger partial charge < -0.3 is 10.2 Å². The van der Waals surface area contributed by atoms with Crippen LogP contribution in [0.2, 0.25) is 0 Å². The van der Waals surface area contributed by atoms with Crippen molar-refractivity contribution in [3.63, 3.8) is 0 Å². The van der Waals surface area contributed by atoms with Crippen molar-refractivity contribution in [2.24, 2.45) is 0 Å². The van der Waals surface area contributed by atoms with E-state index >= 15 is 0 Å². The second-order valence-corrected chi connectivity index (χ2v) is 6.94. The molecule has 0 radical (unpaired) electrons. The molecular weight excluding hydrogens is 276 g/mol. The van der Waals surface area contributed by atoms with Gasteiger partial charge in [-0.25, -0.2) is 8.42 Å². The van der Waals surface area contributed by atoms with Gasteiger partial charge in [-0.1, -0.05) is 0 Å². The quantitative estimate of drug-likeness (QED) is 0.659. The van der Waals surface area contributed by atoms with E-state index in [1.807, 2.05) is 0 Å². The van der Waals surface area contributed by atoms with Crippen molar-refractivity contribution >= 4 is 34.3 Å². The minimum Gasteiger partial charge on any atom is -0.344 e. The van der Waals surface area contributed by atoms with Crippen molar-refractivity contribution in [2.75, 3.05) is 30.3 Å². The molecule has 1 saturated heterocycles. The minimum absolute atomic E-state index is 0.0158. The summed E-state index contributed by atoms with van der Waals surface area (Å²) >= 11 is 4.03. The second kappa shape index (κ2) is 6.42. The van der Waals surface area contributed by atoms with E-state index in [0.717, 1.165) is 0 Å². The number of nitrogens with zero attached hydrogens (tertiary/aromatic N) is 1. The number of hydrogen-bond donors (Lipinski definition) is 2. The van der Waals surface area contributed by atoms with E-state index in [9.17, 15) is 18.0 Å². The molecular formula is C10H18N2O4S2. The molecule has 1 fully saturated rings. The summed E-state index contributed by atoms with van der Waals surface area (Å²) in [6.07, 6.45) is 0.438. The Morgan fingerprint density at radius 2 is 2.00 bits per heavy atom. The number of carbonyl (C=O) groups is 2. The molecule has 1 rings (SSSR count). The lowest BCUT2D eigenvalue weighted by molar-refractivity contribution is -0.135. The third-order valence-electron chi connectivity index (χ3n) is 2.73. The maximum absolute atomic E-state index is 12.1. The first kappa shape index (κ1) is 15.3. The van der Waals surface area contributed by atoms with E-state index in [4.69, 9.17) is 0 Å². The zero-order chi connectivity index (χ0) is 13.8. The molecule has 18 heavy (non-hydrogen) atoms. The molecule has 1 aliphatic heterocycles. The van der Waals surface area contributed by atoms with Crippen LogP contribution in [0.25, 0.3) is 0 Å². The minimum atomic E-state index is -3.04. The molecule has 0 aromatic heterocycles. The summed E-state index contributed by atoms with van der Waals surface area (Å²) in [5.41, 5.74) is 0. The summed E-state index contributed by atoms with van der Waals surface area (Å²) in [5.74, 6) is -0.274. The first-order chi connectivity index (χ1) is 8.35. The Morgan fingerprint density at radius 1 is 1.33 bits per heavy atom. The van der Waals surface area contributed by atoms with Gasteiger partial charge >= 0.3 is 0 Å². The fraction of sp³-hybridized carbons (Fsp3) is 0.800. The van der Waals surface area contributed by atoms with Crippen LogP contribution in [-0.2, 0) is 19.4 Å². The Bertz CT molecular complexity index is 422. The topological polar surface area (TPSA) is 83.6 Å². The van der Waals surface area contributed by atoms with E-state index in [1.54, 1.807) is 0 Å². The maximum Gasteiger partial charge on any atom is 0.246 e. The standard InChI is InChI=1S/C10H18N2O4S2/c1-8(13)11-9(7-17)10(14)12-3-2-5-18(15,16)6-4-12/h9,17H,2-7H2,1H3,(H,11,13). The van der Waals surface area contributed by atoms with E-state index in [-0.39, 0.29) is 35.6 Å². The van der Waals surface area contributed by atoms with Crippen molar-refractivity contribution in [1.29, 1.82) is 0 Å². The summed E-state index contributed by atoms with van der Waals surface area (Å²) in [5, 5.41) is 2.51. The Morgan fingerprint density at radius 3 is 2.56 bits per heavy atom. The van der Waals surface area contributed by atoms with Gasteiger partial charge in [0.25, 0.3) is 0 Å². The summed E-state index contributed by atoms with van der Waals surface area (Å²) in [4.78, 5) is 24.5. The van der Waals surface area contributed by atoms with Crippen LogP contribution in [0.1, 0.15) is 13.3 Å². The van der Waals surface area contributed by atoms with E-state index in [1.165, 1.54) is 11.8 Å². The number of hydrogen-bond acceptors (Lipinski definition) is 5. The SMILES string of the molecule is CC(=O)NC(CS)C(=O)N1CCCS(=O)(=O)CC1. The van der Waals surface area contributed by atoms with Gasteiger partial charge in [0.1, 0.15) is 6.04 Å². The average molecular weight is 294 g/mol. The van der Waals surface area contributed by atoms with Gasteiger partial charge in [0.15, 0.2) is 9.84 Å². The van der Waals surface area contributed by atoms with Crippen LogP contribution in [0.15, 0.2) is 0 Å². The van der Waals surface area contributed by atoms with Crippen LogP contribution >= 0.6 is 12.6 Å². The van der Waals surface area contributed by atoms with E-state index in [0.29, 0.717) is 13.0 Å². The number of carbonyl (C=O) groups excluding carboxylic acids is 2. The summed E-state index contributed by atoms with van der Waals surface area (Å²) in [7, 11) is -3.04. The number of thiol groups is 1. The fourth-order valence-corrected chi connectivity index (χ4v) is 3.33. The monoisotopic (exact) mass is 294 g/mol. The van der Waals surface area contributed by atoms with Crippen LogP contribution in [0.5, 0.6) is 0 Å². The largest absolute Gasteiger partial charge is 0.344 e. The maximum atomic E-state index is 12.1. The molecule has 1 unspecified atom stereocenters. The van der Waals surface area contributed by atoms with Crippen LogP contribution in [0.3, 0.4) is 0 Å². The predicted molar refractivity (Wildman–Crippen MR) is 71.3 cm³/mol. The Balaban J connectivity index is 2.68. The summed E-state index contributed by atoms with van der Waals surface area (Å²) < 4.78 is 22.9. The Labute approximate surface area is 112 Å². The molecule has 8 heteroatoms. The first-order valence-corrected chi connectivity index (χ1v) is 8.18. The highest BCUT2D eigenvalue weighted by Gasteiger charge is 2.27. The number of nitrogens with one attached hydrogen (secondary N) is 1. The molecule has 0 spiro atoms. The molecule has 1 heterocycles. The zero-order valence-electron chi connectivity index (χ0n) is 10.3. The summed E-state index contributed by atoms with van der Waals surface area (Å²) in [6.45, 7) is 1.92. The van der Waals surface area contributed by atoms with Gasteiger partial charge in [-0.15, -0.1) is 0 Å². The molecule has 1 atom stereocenters. The van der Waals surface area contributed by atoms with Crippen LogP contribution in [0.4, 0.5) is 0 Å². The van der Waals surface area contributed by atoms with Gasteiger partial charge in [0.2, 0.25) is 11.8 Å². The normalized spacial score (nSPS) is 20.9. The lowest BCUT2D eigenvalue weighted by Gasteiger charge is -2.25. The molecule has 0 bridgehead atoms. The third kappa shape index (κ3) is 4.49. The van der Waals surface area contributed by atoms with Crippen molar-refractivity contribution in [3.05, 3.63) is 0 Å². The highest BCUT2D eigenvalue weighted by molar-refractivity contribution is 7.91. The average Bonchev–Trinajstić information content (AvgIpc) is 2.46. The lowest BCUT2D eigenvalue weighted by atomic mass is 10.2. The highest BCUT2D eigenvalue weighted by Crippen LogP contribution is 2.07. The molecule has 0 aromatic rings. The van der Waals surface area contributed by atoms with Crippen LogP contribution in [-0.4, -0.2) is 61.5 Å². The molecule has 104 valence electrons. The van der Waals surface area contributed by atoms with Crippen LogP contribution < -0.4 is 5.32 Å². The van der Waals surface area contributed by atoms with Gasteiger partial charge in [-0.05, 0) is 6.42 Å². The third-order valence-corrected chi connectivity index (χ3v) is 4.81. The molecule has 1 aliphatic rings. The van der Waals surface area contributed by atoms with Crippen LogP contribution in [0, 0.1) is 0 Å². The van der Waals surface area contributed by atoms with E-state index < -0.39 is 15.9 Å². The van der Waals surface area contributed by atoms with Gasteiger partial charge in [0.05, 0.1) is 11.5 Å². The molecule has 0 aliphatic carbocycles. The summed E-state index contributed by atoms with van der Waals surface area (Å²) in [6, 6.07) is -0.688. The smallest absolute Gasteiger partial charge is 0.246 e. The predicted octanol–water partition coefficient (Wildman–Crippen LogP) is -0.932. The fourth-order valence-electron chi connectivity index (χ4n) is 1.81. The molecule has 2 amide bonds. The number of sulfone groups is 1. The van der Waals surface area contributed by atoms with E-state index in [2.05, 4.69) is 17.9 Å². The lowest BCUT2D eigenvalue weighted by Crippen LogP contribution is -2.49. The Hall–Kier alpha value is -0.760. The van der Waals surface area contributed by atoms with Crippen molar-refractivity contribution in [3.8, 4) is 0 Å². The van der Waals surface area contributed by atoms with Crippen molar-refractivity contribution in [2.45, 2.75) is 19.4 Å². The first-order valence-electron chi connectivity index (χ1n) is 5.73.